The van der Waals surface area contributed by atoms with Crippen molar-refractivity contribution in [2.75, 3.05) is 6.54 Å². The Morgan fingerprint density at radius 1 is 1.33 bits per heavy atom. The van der Waals surface area contributed by atoms with E-state index in [4.69, 9.17) is 0 Å². The molecule has 2 N–H and O–H groups in total. The molecule has 0 saturated heterocycles. The number of carbonyl (C=O) groups excluding carboxylic acids is 1. The molecule has 1 aliphatic rings. The number of carbonyl (C=O) groups is 1. The van der Waals surface area contributed by atoms with Crippen LogP contribution in [-0.2, 0) is 4.79 Å². The second-order valence-corrected chi connectivity index (χ2v) is 5.14. The first kappa shape index (κ1) is 12.5. The summed E-state index contributed by atoms with van der Waals surface area (Å²) in [5.41, 5.74) is 0.0625. The van der Waals surface area contributed by atoms with Crippen LogP contribution in [0, 0.1) is 0 Å². The zero-order valence-corrected chi connectivity index (χ0v) is 10.2. The molecule has 3 heteroatoms. The average Bonchev–Trinajstić information content (AvgIpc) is 2.68. The Bertz CT molecular complexity index is 208. The highest BCUT2D eigenvalue weighted by Gasteiger charge is 2.19. The van der Waals surface area contributed by atoms with E-state index in [0.717, 1.165) is 19.3 Å². The SMILES string of the molecule is CCC(C)(C)NCC(=O)NC1CCCC1. The monoisotopic (exact) mass is 212 g/mol. The van der Waals surface area contributed by atoms with Gasteiger partial charge in [-0.3, -0.25) is 4.79 Å². The van der Waals surface area contributed by atoms with Gasteiger partial charge in [0.2, 0.25) is 5.91 Å². The van der Waals surface area contributed by atoms with Crippen LogP contribution in [0.1, 0.15) is 52.9 Å². The Morgan fingerprint density at radius 3 is 2.47 bits per heavy atom. The van der Waals surface area contributed by atoms with E-state index in [1.807, 2.05) is 0 Å². The number of hydrogen-bond acceptors (Lipinski definition) is 2. The van der Waals surface area contributed by atoms with E-state index in [1.165, 1.54) is 12.8 Å². The number of amides is 1. The van der Waals surface area contributed by atoms with Crippen molar-refractivity contribution in [3.05, 3.63) is 0 Å². The summed E-state index contributed by atoms with van der Waals surface area (Å²) >= 11 is 0. The molecular weight excluding hydrogens is 188 g/mol. The first-order chi connectivity index (χ1) is 7.03. The number of rotatable bonds is 5. The smallest absolute Gasteiger partial charge is 0.234 e. The van der Waals surface area contributed by atoms with E-state index in [-0.39, 0.29) is 11.4 Å². The largest absolute Gasteiger partial charge is 0.352 e. The molecule has 1 saturated carbocycles. The third-order valence-electron chi connectivity index (χ3n) is 3.33. The van der Waals surface area contributed by atoms with Crippen molar-refractivity contribution in [1.82, 2.24) is 10.6 Å². The average molecular weight is 212 g/mol. The van der Waals surface area contributed by atoms with Gasteiger partial charge in [0, 0.05) is 11.6 Å². The van der Waals surface area contributed by atoms with Crippen molar-refractivity contribution in [2.24, 2.45) is 0 Å². The lowest BCUT2D eigenvalue weighted by Crippen LogP contribution is -2.46. The summed E-state index contributed by atoms with van der Waals surface area (Å²) in [4.78, 5) is 11.6. The van der Waals surface area contributed by atoms with Crippen molar-refractivity contribution in [2.45, 2.75) is 64.5 Å². The summed E-state index contributed by atoms with van der Waals surface area (Å²) < 4.78 is 0. The molecule has 0 heterocycles. The number of hydrogen-bond donors (Lipinski definition) is 2. The van der Waals surface area contributed by atoms with Crippen LogP contribution in [-0.4, -0.2) is 24.0 Å². The van der Waals surface area contributed by atoms with Crippen molar-refractivity contribution in [1.29, 1.82) is 0 Å². The lowest BCUT2D eigenvalue weighted by molar-refractivity contribution is -0.121. The van der Waals surface area contributed by atoms with E-state index >= 15 is 0 Å². The van der Waals surface area contributed by atoms with Gasteiger partial charge in [-0.15, -0.1) is 0 Å². The lowest BCUT2D eigenvalue weighted by Gasteiger charge is -2.24. The zero-order chi connectivity index (χ0) is 11.3. The molecule has 1 fully saturated rings. The van der Waals surface area contributed by atoms with Gasteiger partial charge in [-0.1, -0.05) is 19.8 Å². The molecule has 3 nitrogen and oxygen atoms in total. The molecule has 0 radical (unpaired) electrons. The van der Waals surface area contributed by atoms with Gasteiger partial charge >= 0.3 is 0 Å². The second-order valence-electron chi connectivity index (χ2n) is 5.14. The molecular formula is C12H24N2O. The van der Waals surface area contributed by atoms with Gasteiger partial charge in [0.15, 0.2) is 0 Å². The van der Waals surface area contributed by atoms with Crippen molar-refractivity contribution in [3.8, 4) is 0 Å². The zero-order valence-electron chi connectivity index (χ0n) is 10.2. The Morgan fingerprint density at radius 2 is 1.93 bits per heavy atom. The van der Waals surface area contributed by atoms with Crippen LogP contribution in [0.4, 0.5) is 0 Å². The minimum atomic E-state index is 0.0625. The van der Waals surface area contributed by atoms with Crippen LogP contribution < -0.4 is 10.6 Å². The van der Waals surface area contributed by atoms with E-state index in [1.54, 1.807) is 0 Å². The minimum Gasteiger partial charge on any atom is -0.352 e. The first-order valence-corrected chi connectivity index (χ1v) is 6.08. The molecule has 0 aromatic heterocycles. The third kappa shape index (κ3) is 4.65. The van der Waals surface area contributed by atoms with Gasteiger partial charge < -0.3 is 10.6 Å². The Balaban J connectivity index is 2.18. The minimum absolute atomic E-state index is 0.0625. The highest BCUT2D eigenvalue weighted by Crippen LogP contribution is 2.17. The molecule has 0 aliphatic heterocycles. The van der Waals surface area contributed by atoms with Gasteiger partial charge in [-0.25, -0.2) is 0 Å². The van der Waals surface area contributed by atoms with Gasteiger partial charge in [0.1, 0.15) is 0 Å². The summed E-state index contributed by atoms with van der Waals surface area (Å²) in [5, 5.41) is 6.34. The predicted molar refractivity (Wildman–Crippen MR) is 62.8 cm³/mol. The summed E-state index contributed by atoms with van der Waals surface area (Å²) in [7, 11) is 0. The Hall–Kier alpha value is -0.570. The van der Waals surface area contributed by atoms with Crippen LogP contribution >= 0.6 is 0 Å². The van der Waals surface area contributed by atoms with Gasteiger partial charge in [0.25, 0.3) is 0 Å². The van der Waals surface area contributed by atoms with E-state index in [9.17, 15) is 4.79 Å². The maximum atomic E-state index is 11.6. The van der Waals surface area contributed by atoms with Crippen molar-refractivity contribution >= 4 is 5.91 Å². The number of nitrogens with one attached hydrogen (secondary N) is 2. The molecule has 1 rings (SSSR count). The molecule has 0 aromatic carbocycles. The topological polar surface area (TPSA) is 41.1 Å². The third-order valence-corrected chi connectivity index (χ3v) is 3.33. The van der Waals surface area contributed by atoms with Gasteiger partial charge in [0.05, 0.1) is 6.54 Å². The summed E-state index contributed by atoms with van der Waals surface area (Å²) in [6, 6.07) is 0.434. The molecule has 1 amide bonds. The van der Waals surface area contributed by atoms with E-state index in [2.05, 4.69) is 31.4 Å². The fraction of sp³-hybridized carbons (Fsp3) is 0.917. The Kier molecular flexibility index (Phi) is 4.58. The van der Waals surface area contributed by atoms with Crippen molar-refractivity contribution < 1.29 is 4.79 Å². The molecule has 1 aliphatic carbocycles. The fourth-order valence-electron chi connectivity index (χ4n) is 1.79. The molecule has 0 spiro atoms. The highest BCUT2D eigenvalue weighted by atomic mass is 16.2. The van der Waals surface area contributed by atoms with E-state index in [0.29, 0.717) is 12.6 Å². The predicted octanol–water partition coefficient (Wildman–Crippen LogP) is 1.82. The van der Waals surface area contributed by atoms with Gasteiger partial charge in [-0.2, -0.15) is 0 Å². The molecule has 88 valence electrons. The van der Waals surface area contributed by atoms with Crippen LogP contribution in [0.3, 0.4) is 0 Å². The normalized spacial score (nSPS) is 18.1. The molecule has 0 unspecified atom stereocenters. The molecule has 15 heavy (non-hydrogen) atoms. The Labute approximate surface area is 93.0 Å². The molecule has 0 aromatic rings. The van der Waals surface area contributed by atoms with E-state index < -0.39 is 0 Å². The molecule has 0 bridgehead atoms. The second kappa shape index (κ2) is 5.50. The van der Waals surface area contributed by atoms with Crippen LogP contribution in [0.15, 0.2) is 0 Å². The molecule has 0 atom stereocenters. The van der Waals surface area contributed by atoms with Crippen LogP contribution in [0.2, 0.25) is 0 Å². The van der Waals surface area contributed by atoms with Crippen LogP contribution in [0.25, 0.3) is 0 Å². The first-order valence-electron chi connectivity index (χ1n) is 6.08. The highest BCUT2D eigenvalue weighted by molar-refractivity contribution is 5.78. The fourth-order valence-corrected chi connectivity index (χ4v) is 1.79. The summed E-state index contributed by atoms with van der Waals surface area (Å²) in [6.45, 7) is 6.81. The quantitative estimate of drug-likeness (QED) is 0.730. The standard InChI is InChI=1S/C12H24N2O/c1-4-12(2,3)13-9-11(15)14-10-7-5-6-8-10/h10,13H,4-9H2,1-3H3,(H,14,15). The maximum Gasteiger partial charge on any atom is 0.234 e. The lowest BCUT2D eigenvalue weighted by atomic mass is 10.0. The summed E-state index contributed by atoms with van der Waals surface area (Å²) in [6.07, 6.45) is 5.87. The van der Waals surface area contributed by atoms with Gasteiger partial charge in [-0.05, 0) is 33.1 Å². The summed E-state index contributed by atoms with van der Waals surface area (Å²) in [5.74, 6) is 0.142. The van der Waals surface area contributed by atoms with Crippen molar-refractivity contribution in [3.63, 3.8) is 0 Å². The maximum absolute atomic E-state index is 11.6. The van der Waals surface area contributed by atoms with Crippen LogP contribution in [0.5, 0.6) is 0 Å².